The number of anilines is 2. The Bertz CT molecular complexity index is 1100. The molecule has 0 bridgehead atoms. The molecule has 1 N–H and O–H groups in total. The molecule has 154 valence electrons. The van der Waals surface area contributed by atoms with E-state index in [0.717, 1.165) is 5.56 Å². The number of halogens is 1. The zero-order chi connectivity index (χ0) is 21.3. The average molecular weight is 407 g/mol. The quantitative estimate of drug-likeness (QED) is 0.667. The SMILES string of the molecule is COc1ccc([C@H]2CC(=O)c3c(C)nc(Nc4ccc(F)cc4)nc3C2)cc1OC. The van der Waals surface area contributed by atoms with Crippen molar-refractivity contribution in [1.29, 1.82) is 0 Å². The van der Waals surface area contributed by atoms with Crippen molar-refractivity contribution in [3.05, 3.63) is 70.8 Å². The highest BCUT2D eigenvalue weighted by molar-refractivity contribution is 5.99. The van der Waals surface area contributed by atoms with Gasteiger partial charge in [-0.2, -0.15) is 0 Å². The summed E-state index contributed by atoms with van der Waals surface area (Å²) in [6.45, 7) is 1.81. The first-order valence-corrected chi connectivity index (χ1v) is 9.63. The minimum absolute atomic E-state index is 0.0159. The third kappa shape index (κ3) is 3.83. The van der Waals surface area contributed by atoms with Crippen molar-refractivity contribution in [2.75, 3.05) is 19.5 Å². The van der Waals surface area contributed by atoms with Gasteiger partial charge < -0.3 is 14.8 Å². The lowest BCUT2D eigenvalue weighted by Gasteiger charge is -2.25. The predicted molar refractivity (Wildman–Crippen MR) is 111 cm³/mol. The molecule has 1 aromatic heterocycles. The van der Waals surface area contributed by atoms with Crippen molar-refractivity contribution >= 4 is 17.4 Å². The van der Waals surface area contributed by atoms with Crippen molar-refractivity contribution in [2.45, 2.75) is 25.7 Å². The summed E-state index contributed by atoms with van der Waals surface area (Å²) in [6, 6.07) is 11.7. The summed E-state index contributed by atoms with van der Waals surface area (Å²) in [5, 5.41) is 3.09. The molecule has 0 aliphatic heterocycles. The van der Waals surface area contributed by atoms with Gasteiger partial charge in [0.2, 0.25) is 5.95 Å². The van der Waals surface area contributed by atoms with Crippen molar-refractivity contribution in [3.8, 4) is 11.5 Å². The molecule has 1 aliphatic rings. The van der Waals surface area contributed by atoms with Crippen molar-refractivity contribution in [3.63, 3.8) is 0 Å². The van der Waals surface area contributed by atoms with Crippen LogP contribution in [0.5, 0.6) is 11.5 Å². The molecule has 4 rings (SSSR count). The zero-order valence-corrected chi connectivity index (χ0v) is 17.0. The van der Waals surface area contributed by atoms with E-state index >= 15 is 0 Å². The number of ketones is 1. The summed E-state index contributed by atoms with van der Waals surface area (Å²) >= 11 is 0. The maximum Gasteiger partial charge on any atom is 0.227 e. The van der Waals surface area contributed by atoms with E-state index in [1.807, 2.05) is 25.1 Å². The van der Waals surface area contributed by atoms with Crippen molar-refractivity contribution in [1.82, 2.24) is 9.97 Å². The minimum atomic E-state index is -0.313. The summed E-state index contributed by atoms with van der Waals surface area (Å²) < 4.78 is 23.9. The highest BCUT2D eigenvalue weighted by Gasteiger charge is 2.30. The number of nitrogens with one attached hydrogen (secondary N) is 1. The molecule has 1 heterocycles. The van der Waals surface area contributed by atoms with Gasteiger partial charge in [-0.15, -0.1) is 0 Å². The molecule has 30 heavy (non-hydrogen) atoms. The normalized spacial score (nSPS) is 15.5. The van der Waals surface area contributed by atoms with Crippen LogP contribution >= 0.6 is 0 Å². The van der Waals surface area contributed by atoms with E-state index in [1.165, 1.54) is 12.1 Å². The van der Waals surface area contributed by atoms with Crippen LogP contribution in [0.1, 0.15) is 39.6 Å². The number of rotatable bonds is 5. The Labute approximate surface area is 174 Å². The van der Waals surface area contributed by atoms with Crippen LogP contribution in [0.3, 0.4) is 0 Å². The van der Waals surface area contributed by atoms with Crippen LogP contribution in [-0.2, 0) is 6.42 Å². The molecule has 2 aromatic carbocycles. The van der Waals surface area contributed by atoms with Crippen molar-refractivity contribution in [2.24, 2.45) is 0 Å². The summed E-state index contributed by atoms with van der Waals surface area (Å²) in [4.78, 5) is 21.9. The van der Waals surface area contributed by atoms with E-state index in [1.54, 1.807) is 26.4 Å². The summed E-state index contributed by atoms with van der Waals surface area (Å²) in [7, 11) is 3.18. The van der Waals surface area contributed by atoms with Crippen molar-refractivity contribution < 1.29 is 18.7 Å². The van der Waals surface area contributed by atoms with Gasteiger partial charge in [-0.1, -0.05) is 6.07 Å². The lowest BCUT2D eigenvalue weighted by molar-refractivity contribution is 0.0962. The number of fused-ring (bicyclic) bond motifs is 1. The number of Topliss-reactive ketones (excluding diaryl/α,β-unsaturated/α-hetero) is 1. The Hall–Kier alpha value is -3.48. The van der Waals surface area contributed by atoms with E-state index in [4.69, 9.17) is 9.47 Å². The Morgan fingerprint density at radius 1 is 1.00 bits per heavy atom. The maximum atomic E-state index is 13.2. The van der Waals surface area contributed by atoms with E-state index < -0.39 is 0 Å². The standard InChI is InChI=1S/C23H22FN3O3/c1-13-22-18(27-23(25-13)26-17-7-5-16(24)6-8-17)10-15(11-19(22)28)14-4-9-20(29-2)21(12-14)30-3/h4-9,12,15H,10-11H2,1-3H3,(H,25,26,27)/t15-/m1/s1. The predicted octanol–water partition coefficient (Wildman–Crippen LogP) is 4.60. The maximum absolute atomic E-state index is 13.2. The second-order valence-electron chi connectivity index (χ2n) is 7.23. The molecule has 0 fully saturated rings. The molecule has 0 radical (unpaired) electrons. The van der Waals surface area contributed by atoms with Crippen LogP contribution in [0, 0.1) is 12.7 Å². The number of carbonyl (C=O) groups excluding carboxylic acids is 1. The number of hydrogen-bond donors (Lipinski definition) is 1. The van der Waals surface area contributed by atoms with Gasteiger partial charge in [-0.3, -0.25) is 4.79 Å². The second kappa shape index (κ2) is 8.10. The summed E-state index contributed by atoms with van der Waals surface area (Å²) in [5.74, 6) is 1.36. The fraction of sp³-hybridized carbons (Fsp3) is 0.261. The molecule has 7 heteroatoms. The molecular weight excluding hydrogens is 385 g/mol. The molecule has 0 saturated carbocycles. The molecule has 0 amide bonds. The van der Waals surface area contributed by atoms with E-state index in [-0.39, 0.29) is 17.5 Å². The highest BCUT2D eigenvalue weighted by atomic mass is 19.1. The van der Waals surface area contributed by atoms with E-state index in [9.17, 15) is 9.18 Å². The number of methoxy groups -OCH3 is 2. The van der Waals surface area contributed by atoms with Gasteiger partial charge in [-0.05, 0) is 61.2 Å². The number of ether oxygens (including phenoxy) is 2. The summed E-state index contributed by atoms with van der Waals surface area (Å²) in [5.41, 5.74) is 3.62. The topological polar surface area (TPSA) is 73.3 Å². The van der Waals surface area contributed by atoms with Gasteiger partial charge in [0.15, 0.2) is 17.3 Å². The number of carbonyl (C=O) groups is 1. The molecular formula is C23H22FN3O3. The van der Waals surface area contributed by atoms with Gasteiger partial charge in [0.05, 0.1) is 31.2 Å². The first-order valence-electron chi connectivity index (χ1n) is 9.63. The van der Waals surface area contributed by atoms with Gasteiger partial charge >= 0.3 is 0 Å². The molecule has 0 unspecified atom stereocenters. The third-order valence-electron chi connectivity index (χ3n) is 5.29. The fourth-order valence-electron chi connectivity index (χ4n) is 3.83. The van der Waals surface area contributed by atoms with Crippen LogP contribution in [-0.4, -0.2) is 30.0 Å². The molecule has 0 saturated heterocycles. The Morgan fingerprint density at radius 3 is 2.43 bits per heavy atom. The Morgan fingerprint density at radius 2 is 1.73 bits per heavy atom. The lowest BCUT2D eigenvalue weighted by Crippen LogP contribution is -2.23. The van der Waals surface area contributed by atoms with Gasteiger partial charge in [-0.25, -0.2) is 14.4 Å². The number of aryl methyl sites for hydroxylation is 1. The van der Waals surface area contributed by atoms with Crippen LogP contribution in [0.2, 0.25) is 0 Å². The molecule has 1 aliphatic carbocycles. The molecule has 0 spiro atoms. The first kappa shape index (κ1) is 19.8. The average Bonchev–Trinajstić information content (AvgIpc) is 2.74. The number of hydrogen-bond acceptors (Lipinski definition) is 6. The number of benzene rings is 2. The lowest BCUT2D eigenvalue weighted by atomic mass is 9.81. The third-order valence-corrected chi connectivity index (χ3v) is 5.29. The zero-order valence-electron chi connectivity index (χ0n) is 17.0. The van der Waals surface area contributed by atoms with E-state index in [2.05, 4.69) is 15.3 Å². The number of aromatic nitrogens is 2. The van der Waals surface area contributed by atoms with Crippen LogP contribution in [0.15, 0.2) is 42.5 Å². The largest absolute Gasteiger partial charge is 0.493 e. The molecule has 3 aromatic rings. The number of nitrogens with zero attached hydrogens (tertiary/aromatic N) is 2. The highest BCUT2D eigenvalue weighted by Crippen LogP contribution is 2.37. The Balaban J connectivity index is 1.65. The van der Waals surface area contributed by atoms with Gasteiger partial charge in [0, 0.05) is 12.1 Å². The van der Waals surface area contributed by atoms with Gasteiger partial charge in [0.1, 0.15) is 5.82 Å². The molecule has 6 nitrogen and oxygen atoms in total. The second-order valence-corrected chi connectivity index (χ2v) is 7.23. The fourth-order valence-corrected chi connectivity index (χ4v) is 3.83. The first-order chi connectivity index (χ1) is 14.5. The molecule has 1 atom stereocenters. The van der Waals surface area contributed by atoms with Crippen LogP contribution < -0.4 is 14.8 Å². The summed E-state index contributed by atoms with van der Waals surface area (Å²) in [6.07, 6.45) is 0.995. The van der Waals surface area contributed by atoms with Crippen LogP contribution in [0.4, 0.5) is 16.0 Å². The van der Waals surface area contributed by atoms with Gasteiger partial charge in [0.25, 0.3) is 0 Å². The van der Waals surface area contributed by atoms with E-state index in [0.29, 0.717) is 52.9 Å². The smallest absolute Gasteiger partial charge is 0.227 e. The monoisotopic (exact) mass is 407 g/mol. The Kier molecular flexibility index (Phi) is 5.35. The minimum Gasteiger partial charge on any atom is -0.493 e. The van der Waals surface area contributed by atoms with Crippen LogP contribution in [0.25, 0.3) is 0 Å².